The minimum atomic E-state index is -6.09. The predicted octanol–water partition coefficient (Wildman–Crippen LogP) is 2.70. The summed E-state index contributed by atoms with van der Waals surface area (Å²) >= 11 is 0. The maximum Gasteiger partial charge on any atom is 0.430 e. The third-order valence-electron chi connectivity index (χ3n) is 6.23. The van der Waals surface area contributed by atoms with Gasteiger partial charge in [-0.2, -0.15) is 26.3 Å². The standard InChI is InChI=1S/C23H23F6N3O6S/c1-3-17(33)20(35)32-11-12-10-15(39(37,38)30-2)8-9-16(12)18(32)19(34)31-14-6-4-13(5-7-14)21(36,22(24,25)26)23(27,28)29/h4-10,17-18,30,33,36H,3,11H2,1-2H3,(H,31,34)/t17-,18+/m1/s1. The van der Waals surface area contributed by atoms with E-state index in [2.05, 4.69) is 10.0 Å². The van der Waals surface area contributed by atoms with Gasteiger partial charge in [0.1, 0.15) is 12.1 Å². The van der Waals surface area contributed by atoms with Crippen LogP contribution in [0.3, 0.4) is 0 Å². The molecule has 1 aliphatic heterocycles. The predicted molar refractivity (Wildman–Crippen MR) is 123 cm³/mol. The van der Waals surface area contributed by atoms with Crippen LogP contribution < -0.4 is 10.0 Å². The number of alkyl halides is 6. The normalized spacial score (nSPS) is 17.1. The molecule has 0 bridgehead atoms. The number of hydrogen-bond acceptors (Lipinski definition) is 6. The Labute approximate surface area is 218 Å². The summed E-state index contributed by atoms with van der Waals surface area (Å²) in [5, 5.41) is 21.9. The summed E-state index contributed by atoms with van der Waals surface area (Å²) in [5.74, 6) is -1.80. The molecule has 0 spiro atoms. The van der Waals surface area contributed by atoms with Gasteiger partial charge in [0.05, 0.1) is 4.90 Å². The van der Waals surface area contributed by atoms with Gasteiger partial charge in [-0.3, -0.25) is 9.59 Å². The summed E-state index contributed by atoms with van der Waals surface area (Å²) in [6.07, 6.45) is -13.7. The summed E-state index contributed by atoms with van der Waals surface area (Å²) < 4.78 is 105. The molecule has 0 aromatic heterocycles. The zero-order valence-corrected chi connectivity index (χ0v) is 21.1. The lowest BCUT2D eigenvalue weighted by Crippen LogP contribution is -2.53. The molecule has 0 saturated heterocycles. The fourth-order valence-electron chi connectivity index (χ4n) is 4.06. The SMILES string of the molecule is CC[C@@H](O)C(=O)N1Cc2cc(S(=O)(=O)NC)ccc2[C@H]1C(=O)Nc1ccc(C(O)(C(F)(F)F)C(F)(F)F)cc1. The van der Waals surface area contributed by atoms with Gasteiger partial charge in [-0.15, -0.1) is 0 Å². The zero-order valence-electron chi connectivity index (χ0n) is 20.3. The number of hydrogen-bond donors (Lipinski definition) is 4. The number of aliphatic hydroxyl groups is 2. The number of nitrogens with one attached hydrogen (secondary N) is 2. The number of carbonyl (C=O) groups is 2. The van der Waals surface area contributed by atoms with E-state index in [1.54, 1.807) is 0 Å². The molecule has 0 aliphatic carbocycles. The molecule has 9 nitrogen and oxygen atoms in total. The van der Waals surface area contributed by atoms with E-state index >= 15 is 0 Å². The zero-order chi connectivity index (χ0) is 29.6. The minimum absolute atomic E-state index is 0.0117. The molecule has 2 amide bonds. The average molecular weight is 584 g/mol. The van der Waals surface area contributed by atoms with Crippen LogP contribution in [0.1, 0.15) is 36.1 Å². The number of benzene rings is 2. The van der Waals surface area contributed by atoms with Gasteiger partial charge in [-0.25, -0.2) is 13.1 Å². The number of rotatable bonds is 7. The summed E-state index contributed by atoms with van der Waals surface area (Å²) in [4.78, 5) is 26.8. The van der Waals surface area contributed by atoms with Crippen molar-refractivity contribution in [2.24, 2.45) is 0 Å². The summed E-state index contributed by atoms with van der Waals surface area (Å²) in [5.41, 5.74) is -6.49. The van der Waals surface area contributed by atoms with E-state index in [1.165, 1.54) is 32.2 Å². The molecule has 1 heterocycles. The number of aliphatic hydroxyl groups excluding tert-OH is 1. The number of halogens is 6. The van der Waals surface area contributed by atoms with Crippen LogP contribution >= 0.6 is 0 Å². The molecule has 0 fully saturated rings. The van der Waals surface area contributed by atoms with Crippen molar-refractivity contribution in [3.05, 3.63) is 59.2 Å². The van der Waals surface area contributed by atoms with E-state index in [1.807, 2.05) is 0 Å². The van der Waals surface area contributed by atoms with Gasteiger partial charge in [0.25, 0.3) is 17.4 Å². The van der Waals surface area contributed by atoms with Crippen molar-refractivity contribution in [2.75, 3.05) is 12.4 Å². The van der Waals surface area contributed by atoms with E-state index in [0.29, 0.717) is 24.3 Å². The fraction of sp³-hybridized carbons (Fsp3) is 0.391. The number of carbonyl (C=O) groups excluding carboxylic acids is 2. The number of fused-ring (bicyclic) bond motifs is 1. The van der Waals surface area contributed by atoms with Crippen LogP contribution in [0.4, 0.5) is 32.0 Å². The van der Waals surface area contributed by atoms with Crippen LogP contribution in [0.2, 0.25) is 0 Å². The monoisotopic (exact) mass is 583 g/mol. The average Bonchev–Trinajstić information content (AvgIpc) is 3.25. The fourth-order valence-corrected chi connectivity index (χ4v) is 4.84. The Hall–Kier alpha value is -3.21. The van der Waals surface area contributed by atoms with Gasteiger partial charge < -0.3 is 20.4 Å². The van der Waals surface area contributed by atoms with Gasteiger partial charge in [0, 0.05) is 17.8 Å². The second kappa shape index (κ2) is 10.4. The second-order valence-corrected chi connectivity index (χ2v) is 10.5. The Bertz CT molecular complexity index is 1350. The molecule has 3 rings (SSSR count). The largest absolute Gasteiger partial charge is 0.430 e. The van der Waals surface area contributed by atoms with Crippen molar-refractivity contribution < 1.29 is 54.6 Å². The number of amides is 2. The smallest absolute Gasteiger partial charge is 0.383 e. The first-order valence-corrected chi connectivity index (χ1v) is 12.7. The molecule has 2 aromatic rings. The van der Waals surface area contributed by atoms with Gasteiger partial charge >= 0.3 is 12.4 Å². The molecular weight excluding hydrogens is 560 g/mol. The van der Waals surface area contributed by atoms with Crippen LogP contribution in [0.15, 0.2) is 47.4 Å². The molecule has 16 heteroatoms. The third-order valence-corrected chi connectivity index (χ3v) is 7.65. The van der Waals surface area contributed by atoms with Crippen LogP contribution in [0.5, 0.6) is 0 Å². The Morgan fingerprint density at radius 3 is 2.10 bits per heavy atom. The lowest BCUT2D eigenvalue weighted by atomic mass is 9.92. The molecule has 4 N–H and O–H groups in total. The molecule has 2 atom stereocenters. The first kappa shape index (κ1) is 30.3. The topological polar surface area (TPSA) is 136 Å². The summed E-state index contributed by atoms with van der Waals surface area (Å²) in [6.45, 7) is 1.24. The molecule has 0 unspecified atom stereocenters. The Morgan fingerprint density at radius 1 is 1.05 bits per heavy atom. The van der Waals surface area contributed by atoms with E-state index in [-0.39, 0.29) is 34.7 Å². The number of sulfonamides is 1. The molecule has 2 aromatic carbocycles. The Balaban J connectivity index is 1.97. The van der Waals surface area contributed by atoms with Gasteiger partial charge in [0.2, 0.25) is 10.0 Å². The maximum atomic E-state index is 13.2. The quantitative estimate of drug-likeness (QED) is 0.370. The highest BCUT2D eigenvalue weighted by atomic mass is 32.2. The number of anilines is 1. The van der Waals surface area contributed by atoms with E-state index < -0.39 is 57.5 Å². The van der Waals surface area contributed by atoms with E-state index in [0.717, 1.165) is 4.90 Å². The molecule has 39 heavy (non-hydrogen) atoms. The Kier molecular flexibility index (Phi) is 8.09. The van der Waals surface area contributed by atoms with Gasteiger partial charge in [-0.05, 0) is 48.9 Å². The van der Waals surface area contributed by atoms with Crippen molar-refractivity contribution in [2.45, 2.75) is 54.9 Å². The summed E-state index contributed by atoms with van der Waals surface area (Å²) in [7, 11) is -2.70. The highest BCUT2D eigenvalue weighted by molar-refractivity contribution is 7.89. The van der Waals surface area contributed by atoms with Crippen molar-refractivity contribution in [1.29, 1.82) is 0 Å². The van der Waals surface area contributed by atoms with Crippen molar-refractivity contribution in [3.8, 4) is 0 Å². The highest BCUT2D eigenvalue weighted by Crippen LogP contribution is 2.50. The molecule has 214 valence electrons. The van der Waals surface area contributed by atoms with Crippen LogP contribution in [0.25, 0.3) is 0 Å². The van der Waals surface area contributed by atoms with Crippen molar-refractivity contribution in [1.82, 2.24) is 9.62 Å². The number of nitrogens with zero attached hydrogens (tertiary/aromatic N) is 1. The van der Waals surface area contributed by atoms with E-state index in [9.17, 15) is 54.6 Å². The maximum absolute atomic E-state index is 13.2. The second-order valence-electron chi connectivity index (χ2n) is 8.63. The van der Waals surface area contributed by atoms with E-state index in [4.69, 9.17) is 0 Å². The molecule has 0 radical (unpaired) electrons. The minimum Gasteiger partial charge on any atom is -0.383 e. The van der Waals surface area contributed by atoms with Crippen LogP contribution in [-0.2, 0) is 31.8 Å². The van der Waals surface area contributed by atoms with Crippen molar-refractivity contribution >= 4 is 27.5 Å². The first-order chi connectivity index (χ1) is 17.9. The lowest BCUT2D eigenvalue weighted by Gasteiger charge is -2.32. The summed E-state index contributed by atoms with van der Waals surface area (Å²) in [6, 6.07) is 4.39. The first-order valence-electron chi connectivity index (χ1n) is 11.2. The van der Waals surface area contributed by atoms with Gasteiger partial charge in [0.15, 0.2) is 0 Å². The van der Waals surface area contributed by atoms with Crippen LogP contribution in [0, 0.1) is 0 Å². The lowest BCUT2D eigenvalue weighted by molar-refractivity contribution is -0.376. The third kappa shape index (κ3) is 5.46. The molecule has 1 aliphatic rings. The van der Waals surface area contributed by atoms with Crippen LogP contribution in [-0.4, -0.2) is 60.8 Å². The van der Waals surface area contributed by atoms with Crippen molar-refractivity contribution in [3.63, 3.8) is 0 Å². The Morgan fingerprint density at radius 2 is 1.62 bits per heavy atom. The molecule has 0 saturated carbocycles. The molecular formula is C23H23F6N3O6S. The highest BCUT2D eigenvalue weighted by Gasteiger charge is 2.71. The van der Waals surface area contributed by atoms with Gasteiger partial charge in [-0.1, -0.05) is 25.1 Å².